The van der Waals surface area contributed by atoms with E-state index in [-0.39, 0.29) is 18.0 Å². The third-order valence-electron chi connectivity index (χ3n) is 4.74. The number of benzene rings is 2. The maximum absolute atomic E-state index is 13.7. The normalized spacial score (nSPS) is 17.5. The van der Waals surface area contributed by atoms with Crippen LogP contribution in [0.2, 0.25) is 0 Å². The van der Waals surface area contributed by atoms with E-state index in [0.717, 1.165) is 24.5 Å². The lowest BCUT2D eigenvalue weighted by Gasteiger charge is -2.24. The minimum absolute atomic E-state index is 0.0130. The van der Waals surface area contributed by atoms with Crippen molar-refractivity contribution < 1.29 is 18.4 Å². The number of likely N-dealkylation sites (tertiary alicyclic amines) is 1. The van der Waals surface area contributed by atoms with Crippen molar-refractivity contribution in [2.75, 3.05) is 11.9 Å². The second-order valence-electron chi connectivity index (χ2n) is 6.81. The van der Waals surface area contributed by atoms with E-state index < -0.39 is 23.5 Å². The monoisotopic (exact) mass is 372 g/mol. The highest BCUT2D eigenvalue weighted by molar-refractivity contribution is 5.94. The summed E-state index contributed by atoms with van der Waals surface area (Å²) in [6.45, 7) is 1.18. The fourth-order valence-electron chi connectivity index (χ4n) is 3.35. The minimum Gasteiger partial charge on any atom is -0.338 e. The van der Waals surface area contributed by atoms with Crippen LogP contribution in [-0.2, 0) is 16.1 Å². The lowest BCUT2D eigenvalue weighted by molar-refractivity contribution is -0.137. The third-order valence-corrected chi connectivity index (χ3v) is 4.74. The van der Waals surface area contributed by atoms with Gasteiger partial charge in [-0.2, -0.15) is 0 Å². The van der Waals surface area contributed by atoms with Crippen LogP contribution < -0.4 is 5.32 Å². The van der Waals surface area contributed by atoms with Gasteiger partial charge in [0.1, 0.15) is 11.6 Å². The molecule has 0 aliphatic carbocycles. The quantitative estimate of drug-likeness (QED) is 0.858. The van der Waals surface area contributed by atoms with Crippen LogP contribution >= 0.6 is 0 Å². The minimum atomic E-state index is -0.832. The van der Waals surface area contributed by atoms with Crippen molar-refractivity contribution in [3.63, 3.8) is 0 Å². The van der Waals surface area contributed by atoms with Crippen LogP contribution in [0.15, 0.2) is 48.5 Å². The van der Waals surface area contributed by atoms with Gasteiger partial charge in [-0.25, -0.2) is 8.78 Å². The number of hydrogen-bond donors (Lipinski definition) is 1. The Hall–Kier alpha value is -2.76. The van der Waals surface area contributed by atoms with E-state index in [2.05, 4.69) is 5.32 Å². The van der Waals surface area contributed by atoms with E-state index in [1.54, 1.807) is 4.90 Å². The van der Waals surface area contributed by atoms with Gasteiger partial charge in [0.25, 0.3) is 0 Å². The van der Waals surface area contributed by atoms with Gasteiger partial charge >= 0.3 is 0 Å². The molecule has 6 heteroatoms. The van der Waals surface area contributed by atoms with Gasteiger partial charge in [-0.1, -0.05) is 36.8 Å². The Morgan fingerprint density at radius 2 is 1.89 bits per heavy atom. The number of anilines is 1. The van der Waals surface area contributed by atoms with Crippen LogP contribution in [0.25, 0.3) is 0 Å². The van der Waals surface area contributed by atoms with Gasteiger partial charge in [-0.15, -0.1) is 0 Å². The molecule has 3 rings (SSSR count). The first-order valence-corrected chi connectivity index (χ1v) is 9.10. The van der Waals surface area contributed by atoms with E-state index in [4.69, 9.17) is 0 Å². The largest absolute Gasteiger partial charge is 0.338 e. The van der Waals surface area contributed by atoms with Crippen molar-refractivity contribution in [3.05, 3.63) is 65.7 Å². The molecule has 1 heterocycles. The molecule has 0 spiro atoms. The number of nitrogens with zero attached hydrogens (tertiary/aromatic N) is 1. The Labute approximate surface area is 157 Å². The number of rotatable bonds is 5. The first-order chi connectivity index (χ1) is 13.0. The van der Waals surface area contributed by atoms with E-state index in [1.165, 1.54) is 6.07 Å². The maximum atomic E-state index is 13.7. The van der Waals surface area contributed by atoms with Gasteiger partial charge in [-0.05, 0) is 30.5 Å². The molecule has 27 heavy (non-hydrogen) atoms. The lowest BCUT2D eigenvalue weighted by Crippen LogP contribution is -2.36. The zero-order valence-corrected chi connectivity index (χ0v) is 15.0. The Kier molecular flexibility index (Phi) is 6.16. The van der Waals surface area contributed by atoms with Gasteiger partial charge < -0.3 is 10.2 Å². The topological polar surface area (TPSA) is 49.4 Å². The molecule has 4 nitrogen and oxygen atoms in total. The van der Waals surface area contributed by atoms with Crippen molar-refractivity contribution in [2.24, 2.45) is 5.92 Å². The van der Waals surface area contributed by atoms with Crippen molar-refractivity contribution in [2.45, 2.75) is 32.2 Å². The number of hydrogen-bond acceptors (Lipinski definition) is 2. The molecule has 142 valence electrons. The summed E-state index contributed by atoms with van der Waals surface area (Å²) in [6.07, 6.45) is 2.37. The summed E-state index contributed by atoms with van der Waals surface area (Å²) < 4.78 is 26.7. The highest BCUT2D eigenvalue weighted by Crippen LogP contribution is 2.24. The molecule has 2 aromatic rings. The molecule has 2 aromatic carbocycles. The Morgan fingerprint density at radius 1 is 1.11 bits per heavy atom. The van der Waals surface area contributed by atoms with Crippen LogP contribution in [0, 0.1) is 17.6 Å². The predicted molar refractivity (Wildman–Crippen MR) is 98.8 cm³/mol. The average Bonchev–Trinajstić information content (AvgIpc) is 2.81. The molecule has 2 amide bonds. The number of carbonyl (C=O) groups is 2. The van der Waals surface area contributed by atoms with Gasteiger partial charge in [0.2, 0.25) is 11.8 Å². The molecule has 0 aromatic heterocycles. The maximum Gasteiger partial charge on any atom is 0.226 e. The molecule has 0 radical (unpaired) electrons. The summed E-state index contributed by atoms with van der Waals surface area (Å²) in [7, 11) is 0. The highest BCUT2D eigenvalue weighted by atomic mass is 19.1. The second kappa shape index (κ2) is 8.75. The summed E-state index contributed by atoms with van der Waals surface area (Å²) >= 11 is 0. The molecular weight excluding hydrogens is 350 g/mol. The molecule has 1 atom stereocenters. The standard InChI is InChI=1S/C21H22F2N2O2/c22-17-9-10-19(18(23)13-17)24-20(26)12-16-8-4-5-11-25(21(16)27)14-15-6-2-1-3-7-15/h1-3,6-7,9-10,13,16H,4-5,8,11-12,14H2,(H,24,26). The van der Waals surface area contributed by atoms with Gasteiger partial charge in [0.15, 0.2) is 0 Å². The Balaban J connectivity index is 1.64. The zero-order valence-electron chi connectivity index (χ0n) is 15.0. The summed E-state index contributed by atoms with van der Waals surface area (Å²) in [5.74, 6) is -2.46. The molecule has 0 bridgehead atoms. The van der Waals surface area contributed by atoms with E-state index in [0.29, 0.717) is 25.6 Å². The molecule has 1 aliphatic heterocycles. The molecular formula is C21H22F2N2O2. The number of carbonyl (C=O) groups excluding carboxylic acids is 2. The Morgan fingerprint density at radius 3 is 2.63 bits per heavy atom. The summed E-state index contributed by atoms with van der Waals surface area (Å²) in [5, 5.41) is 2.44. The first-order valence-electron chi connectivity index (χ1n) is 9.10. The van der Waals surface area contributed by atoms with Crippen molar-refractivity contribution in [1.82, 2.24) is 4.90 Å². The number of halogens is 2. The van der Waals surface area contributed by atoms with Crippen LogP contribution in [-0.4, -0.2) is 23.3 Å². The molecule has 1 aliphatic rings. The van der Waals surface area contributed by atoms with Gasteiger partial charge in [0, 0.05) is 31.5 Å². The fourth-order valence-corrected chi connectivity index (χ4v) is 3.35. The summed E-state index contributed by atoms with van der Waals surface area (Å²) in [4.78, 5) is 27.0. The van der Waals surface area contributed by atoms with Crippen LogP contribution in [0.1, 0.15) is 31.2 Å². The predicted octanol–water partition coefficient (Wildman–Crippen LogP) is 4.12. The SMILES string of the molecule is O=C(CC1CCCCN(Cc2ccccc2)C1=O)Nc1ccc(F)cc1F. The summed E-state index contributed by atoms with van der Waals surface area (Å²) in [5.41, 5.74) is 0.966. The molecule has 1 saturated heterocycles. The number of nitrogens with one attached hydrogen (secondary N) is 1. The van der Waals surface area contributed by atoms with Crippen LogP contribution in [0.3, 0.4) is 0 Å². The van der Waals surface area contributed by atoms with E-state index in [9.17, 15) is 18.4 Å². The van der Waals surface area contributed by atoms with Crippen LogP contribution in [0.4, 0.5) is 14.5 Å². The average molecular weight is 372 g/mol. The third kappa shape index (κ3) is 5.12. The zero-order chi connectivity index (χ0) is 19.2. The first kappa shape index (κ1) is 19.0. The smallest absolute Gasteiger partial charge is 0.226 e. The van der Waals surface area contributed by atoms with E-state index in [1.807, 2.05) is 30.3 Å². The van der Waals surface area contributed by atoms with Gasteiger partial charge in [-0.3, -0.25) is 9.59 Å². The van der Waals surface area contributed by atoms with Crippen molar-refractivity contribution >= 4 is 17.5 Å². The molecule has 1 unspecified atom stereocenters. The van der Waals surface area contributed by atoms with Crippen molar-refractivity contribution in [1.29, 1.82) is 0 Å². The molecule has 1 N–H and O–H groups in total. The van der Waals surface area contributed by atoms with Gasteiger partial charge in [0.05, 0.1) is 5.69 Å². The second-order valence-corrected chi connectivity index (χ2v) is 6.81. The highest BCUT2D eigenvalue weighted by Gasteiger charge is 2.29. The van der Waals surface area contributed by atoms with Crippen LogP contribution in [0.5, 0.6) is 0 Å². The van der Waals surface area contributed by atoms with E-state index >= 15 is 0 Å². The lowest BCUT2D eigenvalue weighted by atomic mass is 9.98. The fraction of sp³-hybridized carbons (Fsp3) is 0.333. The Bertz CT molecular complexity index is 811. The molecule has 0 saturated carbocycles. The molecule has 1 fully saturated rings. The van der Waals surface area contributed by atoms with Crippen molar-refractivity contribution in [3.8, 4) is 0 Å². The summed E-state index contributed by atoms with van der Waals surface area (Å²) in [6, 6.07) is 12.7. The number of amides is 2.